The number of anilines is 2. The van der Waals surface area contributed by atoms with Gasteiger partial charge in [0.1, 0.15) is 5.58 Å². The lowest BCUT2D eigenvalue weighted by molar-refractivity contribution is -0.119. The molecule has 0 saturated carbocycles. The maximum atomic E-state index is 13.1. The molecule has 2 aromatic heterocycles. The van der Waals surface area contributed by atoms with Crippen molar-refractivity contribution in [2.45, 2.75) is 13.0 Å². The van der Waals surface area contributed by atoms with Crippen LogP contribution in [-0.4, -0.2) is 69.5 Å². The van der Waals surface area contributed by atoms with Crippen LogP contribution in [0.3, 0.4) is 0 Å². The summed E-state index contributed by atoms with van der Waals surface area (Å²) in [6, 6.07) is 19.7. The molecule has 9 heteroatoms. The molecule has 0 aliphatic carbocycles. The van der Waals surface area contributed by atoms with Crippen LogP contribution in [0, 0.1) is 0 Å². The smallest absolute Gasteiger partial charge is 0.238 e. The minimum Gasteiger partial charge on any atom is -0.440 e. The third-order valence-corrected chi connectivity index (χ3v) is 9.05. The number of hydrogen-bond donors (Lipinski definition) is 1. The number of morpholine rings is 2. The lowest BCUT2D eigenvalue weighted by Gasteiger charge is -2.30. The maximum Gasteiger partial charge on any atom is 0.238 e. The highest BCUT2D eigenvalue weighted by atomic mass is 32.1. The summed E-state index contributed by atoms with van der Waals surface area (Å²) >= 11 is 1.70. The van der Waals surface area contributed by atoms with Crippen LogP contribution in [0.2, 0.25) is 0 Å². The molecule has 0 bridgehead atoms. The van der Waals surface area contributed by atoms with Gasteiger partial charge >= 0.3 is 0 Å². The molecule has 2 fully saturated rings. The van der Waals surface area contributed by atoms with E-state index in [0.717, 1.165) is 50.1 Å². The summed E-state index contributed by atoms with van der Waals surface area (Å²) in [7, 11) is 0. The Hall–Kier alpha value is -3.76. The minimum atomic E-state index is -0.0509. The Morgan fingerprint density at radius 1 is 0.951 bits per heavy atom. The molecule has 8 nitrogen and oxygen atoms in total. The van der Waals surface area contributed by atoms with Crippen molar-refractivity contribution in [3.05, 3.63) is 70.9 Å². The molecule has 7 rings (SSSR count). The van der Waals surface area contributed by atoms with E-state index in [2.05, 4.69) is 39.4 Å². The van der Waals surface area contributed by atoms with Crippen LogP contribution in [-0.2, 0) is 14.3 Å². The van der Waals surface area contributed by atoms with E-state index in [1.807, 2.05) is 37.3 Å². The Morgan fingerprint density at radius 2 is 1.76 bits per heavy atom. The van der Waals surface area contributed by atoms with Gasteiger partial charge in [-0.05, 0) is 31.2 Å². The predicted octanol–water partition coefficient (Wildman–Crippen LogP) is 5.32. The van der Waals surface area contributed by atoms with Crippen LogP contribution in [0.15, 0.2) is 69.9 Å². The van der Waals surface area contributed by atoms with Crippen molar-refractivity contribution >= 4 is 60.0 Å². The summed E-state index contributed by atoms with van der Waals surface area (Å²) in [4.78, 5) is 30.2. The lowest BCUT2D eigenvalue weighted by Crippen LogP contribution is -2.44. The minimum absolute atomic E-state index is 0.0273. The molecule has 0 unspecified atom stereocenters. The number of hydrogen-bond acceptors (Lipinski definition) is 8. The second-order valence-corrected chi connectivity index (χ2v) is 11.7. The van der Waals surface area contributed by atoms with Gasteiger partial charge in [0.15, 0.2) is 11.3 Å². The van der Waals surface area contributed by atoms with Crippen molar-refractivity contribution in [1.29, 1.82) is 0 Å². The van der Waals surface area contributed by atoms with Gasteiger partial charge in [0, 0.05) is 69.2 Å². The fourth-order valence-corrected chi connectivity index (χ4v) is 7.05. The van der Waals surface area contributed by atoms with Crippen LogP contribution < -0.4 is 15.6 Å². The number of ether oxygens (including phenoxy) is 2. The number of para-hydroxylation sites is 1. The average molecular weight is 570 g/mol. The molecular weight excluding hydrogens is 538 g/mol. The van der Waals surface area contributed by atoms with Crippen molar-refractivity contribution in [2.75, 3.05) is 62.8 Å². The molecule has 4 heterocycles. The normalized spacial score (nSPS) is 18.4. The Morgan fingerprint density at radius 3 is 2.59 bits per heavy atom. The van der Waals surface area contributed by atoms with Gasteiger partial charge in [-0.25, -0.2) is 0 Å². The number of amides is 1. The standard InChI is InChI=1S/C32H31N3O5S/c1-20-18-34(10-15-39-20)19-29(37)33-21-8-9-28-26(16-21)24-6-3-5-23(32(24)41-28)22-4-2-7-25-27(36)17-30(40-31(22)25)35-11-13-38-14-12-35/h2-9,16-17,20H,10-15,18-19H2,1H3,(H,33,37)/t20-/m0/s1. The van der Waals surface area contributed by atoms with Crippen LogP contribution in [0.4, 0.5) is 11.6 Å². The van der Waals surface area contributed by atoms with Crippen LogP contribution in [0.1, 0.15) is 6.92 Å². The Labute approximate surface area is 241 Å². The van der Waals surface area contributed by atoms with Gasteiger partial charge in [-0.2, -0.15) is 0 Å². The van der Waals surface area contributed by atoms with E-state index < -0.39 is 0 Å². The summed E-state index contributed by atoms with van der Waals surface area (Å²) in [5.74, 6) is 0.550. The highest BCUT2D eigenvalue weighted by Crippen LogP contribution is 2.42. The summed E-state index contributed by atoms with van der Waals surface area (Å²) in [6.07, 6.45) is 0.139. The van der Waals surface area contributed by atoms with Gasteiger partial charge in [0.05, 0.1) is 37.9 Å². The van der Waals surface area contributed by atoms with E-state index in [0.29, 0.717) is 56.3 Å². The molecule has 41 heavy (non-hydrogen) atoms. The van der Waals surface area contributed by atoms with Gasteiger partial charge in [0.25, 0.3) is 0 Å². The molecule has 1 N–H and O–H groups in total. The number of carbonyl (C=O) groups is 1. The van der Waals surface area contributed by atoms with Gasteiger partial charge in [0.2, 0.25) is 5.91 Å². The zero-order valence-corrected chi connectivity index (χ0v) is 23.7. The summed E-state index contributed by atoms with van der Waals surface area (Å²) in [6.45, 7) is 7.14. The molecule has 2 aliphatic heterocycles. The fourth-order valence-electron chi connectivity index (χ4n) is 5.84. The average Bonchev–Trinajstić information content (AvgIpc) is 3.35. The first kappa shape index (κ1) is 26.2. The van der Waals surface area contributed by atoms with Gasteiger partial charge in [-0.3, -0.25) is 14.5 Å². The number of nitrogens with zero attached hydrogens (tertiary/aromatic N) is 2. The van der Waals surface area contributed by atoms with E-state index in [9.17, 15) is 9.59 Å². The molecule has 0 spiro atoms. The highest BCUT2D eigenvalue weighted by molar-refractivity contribution is 7.26. The third kappa shape index (κ3) is 5.10. The zero-order valence-electron chi connectivity index (χ0n) is 22.9. The van der Waals surface area contributed by atoms with Crippen molar-refractivity contribution in [3.63, 3.8) is 0 Å². The van der Waals surface area contributed by atoms with E-state index in [1.54, 1.807) is 17.4 Å². The number of thiophene rings is 1. The number of benzene rings is 3. The Kier molecular flexibility index (Phi) is 6.96. The Balaban J connectivity index is 1.25. The van der Waals surface area contributed by atoms with Crippen molar-refractivity contribution < 1.29 is 18.7 Å². The highest BCUT2D eigenvalue weighted by Gasteiger charge is 2.21. The number of rotatable bonds is 5. The molecule has 210 valence electrons. The number of fused-ring (bicyclic) bond motifs is 4. The first-order valence-corrected chi connectivity index (χ1v) is 14.8. The molecule has 1 atom stereocenters. The van der Waals surface area contributed by atoms with Gasteiger partial charge < -0.3 is 24.1 Å². The lowest BCUT2D eigenvalue weighted by atomic mass is 10.0. The molecule has 3 aromatic carbocycles. The number of nitrogens with one attached hydrogen (secondary N) is 1. The van der Waals surface area contributed by atoms with Crippen LogP contribution in [0.25, 0.3) is 42.3 Å². The SMILES string of the molecule is C[C@H]1CN(CC(=O)Nc2ccc3sc4c(-c5cccc6c(=O)cc(N7CCOCC7)oc56)cccc4c3c2)CCO1. The Bertz CT molecular complexity index is 1820. The largest absolute Gasteiger partial charge is 0.440 e. The fraction of sp³-hybridized carbons (Fsp3) is 0.312. The monoisotopic (exact) mass is 569 g/mol. The second-order valence-electron chi connectivity index (χ2n) is 10.7. The molecule has 0 radical (unpaired) electrons. The topological polar surface area (TPSA) is 84.3 Å². The van der Waals surface area contributed by atoms with E-state index in [1.165, 1.54) is 0 Å². The van der Waals surface area contributed by atoms with Gasteiger partial charge in [-0.1, -0.05) is 30.3 Å². The maximum absolute atomic E-state index is 13.1. The molecule has 2 saturated heterocycles. The summed E-state index contributed by atoms with van der Waals surface area (Å²) in [5.41, 5.74) is 3.23. The van der Waals surface area contributed by atoms with Crippen LogP contribution in [0.5, 0.6) is 0 Å². The number of carbonyl (C=O) groups excluding carboxylic acids is 1. The van der Waals surface area contributed by atoms with Crippen molar-refractivity contribution in [1.82, 2.24) is 4.90 Å². The molecule has 2 aliphatic rings. The van der Waals surface area contributed by atoms with E-state index in [-0.39, 0.29) is 17.4 Å². The molecule has 5 aromatic rings. The van der Waals surface area contributed by atoms with Gasteiger partial charge in [-0.15, -0.1) is 11.3 Å². The zero-order chi connectivity index (χ0) is 27.9. The van der Waals surface area contributed by atoms with Crippen molar-refractivity contribution in [3.8, 4) is 11.1 Å². The summed E-state index contributed by atoms with van der Waals surface area (Å²) < 4.78 is 19.8. The molecular formula is C32H31N3O5S. The first-order valence-electron chi connectivity index (χ1n) is 14.0. The van der Waals surface area contributed by atoms with Crippen molar-refractivity contribution in [2.24, 2.45) is 0 Å². The quantitative estimate of drug-likeness (QED) is 0.307. The predicted molar refractivity (Wildman–Crippen MR) is 164 cm³/mol. The first-order chi connectivity index (χ1) is 20.0. The van der Waals surface area contributed by atoms with E-state index in [4.69, 9.17) is 13.9 Å². The summed E-state index contributed by atoms with van der Waals surface area (Å²) in [5, 5.41) is 5.84. The van der Waals surface area contributed by atoms with E-state index >= 15 is 0 Å². The second kappa shape index (κ2) is 10.9. The van der Waals surface area contributed by atoms with Crippen LogP contribution >= 0.6 is 11.3 Å². The third-order valence-electron chi connectivity index (χ3n) is 7.83. The molecule has 1 amide bonds.